The Hall–Kier alpha value is -0.660. The zero-order chi connectivity index (χ0) is 13.2. The van der Waals surface area contributed by atoms with E-state index in [0.29, 0.717) is 0 Å². The molecule has 1 unspecified atom stereocenters. The molecule has 2 fully saturated rings. The van der Waals surface area contributed by atoms with Crippen molar-refractivity contribution in [3.63, 3.8) is 0 Å². The Morgan fingerprint density at radius 3 is 2.67 bits per heavy atom. The van der Waals surface area contributed by atoms with E-state index in [0.717, 1.165) is 32.4 Å². The summed E-state index contributed by atoms with van der Waals surface area (Å²) < 4.78 is 24.6. The molecule has 6 nitrogen and oxygen atoms in total. The number of hydrogen-bond donors (Lipinski definition) is 3. The van der Waals surface area contributed by atoms with Gasteiger partial charge in [0, 0.05) is 12.5 Å². The second-order valence-corrected chi connectivity index (χ2v) is 7.23. The standard InChI is InChI=1S/C11H21N3O3S/c1-12-18(16,17)7-6-14-10(15)9-8-11(9)2-4-13-5-3-11/h9,12-13H,2-8H2,1H3,(H,14,15). The number of nitrogens with one attached hydrogen (secondary N) is 3. The third-order valence-corrected chi connectivity index (χ3v) is 5.45. The SMILES string of the molecule is CNS(=O)(=O)CCNC(=O)C1CC12CCNCC2. The van der Waals surface area contributed by atoms with Crippen molar-refractivity contribution in [2.45, 2.75) is 19.3 Å². The molecule has 2 aliphatic rings. The number of sulfonamides is 1. The van der Waals surface area contributed by atoms with Crippen LogP contribution in [0, 0.1) is 11.3 Å². The molecular formula is C11H21N3O3S. The monoisotopic (exact) mass is 275 g/mol. The van der Waals surface area contributed by atoms with Crippen molar-refractivity contribution in [1.82, 2.24) is 15.4 Å². The van der Waals surface area contributed by atoms with Crippen LogP contribution in [0.5, 0.6) is 0 Å². The minimum Gasteiger partial charge on any atom is -0.355 e. The fraction of sp³-hybridized carbons (Fsp3) is 0.909. The molecule has 2 rings (SSSR count). The maximum atomic E-state index is 11.9. The van der Waals surface area contributed by atoms with Crippen molar-refractivity contribution in [2.24, 2.45) is 11.3 Å². The molecule has 18 heavy (non-hydrogen) atoms. The van der Waals surface area contributed by atoms with Crippen LogP contribution in [0.15, 0.2) is 0 Å². The first-order chi connectivity index (χ1) is 8.49. The molecular weight excluding hydrogens is 254 g/mol. The van der Waals surface area contributed by atoms with Gasteiger partial charge in [0.25, 0.3) is 0 Å². The van der Waals surface area contributed by atoms with E-state index in [9.17, 15) is 13.2 Å². The van der Waals surface area contributed by atoms with Crippen LogP contribution in [-0.2, 0) is 14.8 Å². The lowest BCUT2D eigenvalue weighted by molar-refractivity contribution is -0.123. The highest BCUT2D eigenvalue weighted by atomic mass is 32.2. The molecule has 0 bridgehead atoms. The molecule has 3 N–H and O–H groups in total. The summed E-state index contributed by atoms with van der Waals surface area (Å²) in [5.74, 6) is 0.0522. The lowest BCUT2D eigenvalue weighted by Gasteiger charge is -2.23. The highest BCUT2D eigenvalue weighted by Crippen LogP contribution is 2.58. The number of hydrogen-bond acceptors (Lipinski definition) is 4. The molecule has 0 aromatic carbocycles. The molecule has 0 radical (unpaired) electrons. The molecule has 104 valence electrons. The van der Waals surface area contributed by atoms with E-state index in [1.165, 1.54) is 7.05 Å². The number of carbonyl (C=O) groups excluding carboxylic acids is 1. The van der Waals surface area contributed by atoms with E-state index in [-0.39, 0.29) is 29.5 Å². The van der Waals surface area contributed by atoms with Crippen molar-refractivity contribution in [3.05, 3.63) is 0 Å². The van der Waals surface area contributed by atoms with Crippen LogP contribution in [0.3, 0.4) is 0 Å². The van der Waals surface area contributed by atoms with Gasteiger partial charge in [0.15, 0.2) is 0 Å². The summed E-state index contributed by atoms with van der Waals surface area (Å²) in [4.78, 5) is 11.9. The van der Waals surface area contributed by atoms with Gasteiger partial charge in [-0.3, -0.25) is 4.79 Å². The van der Waals surface area contributed by atoms with Crippen LogP contribution in [0.4, 0.5) is 0 Å². The first-order valence-electron chi connectivity index (χ1n) is 6.39. The van der Waals surface area contributed by atoms with Gasteiger partial charge in [-0.05, 0) is 44.8 Å². The minimum absolute atomic E-state index is 0.0169. The summed E-state index contributed by atoms with van der Waals surface area (Å²) in [7, 11) is -1.85. The van der Waals surface area contributed by atoms with Crippen molar-refractivity contribution >= 4 is 15.9 Å². The maximum absolute atomic E-state index is 11.9. The van der Waals surface area contributed by atoms with E-state index in [2.05, 4.69) is 15.4 Å². The summed E-state index contributed by atoms with van der Waals surface area (Å²) >= 11 is 0. The number of amides is 1. The number of piperidine rings is 1. The molecule has 1 amide bonds. The maximum Gasteiger partial charge on any atom is 0.223 e. The topological polar surface area (TPSA) is 87.3 Å². The highest BCUT2D eigenvalue weighted by Gasteiger charge is 2.57. The average Bonchev–Trinajstić information content (AvgIpc) is 3.03. The van der Waals surface area contributed by atoms with Gasteiger partial charge in [-0.1, -0.05) is 0 Å². The Bertz CT molecular complexity index is 415. The molecule has 0 aromatic heterocycles. The first kappa shape index (κ1) is 13.8. The summed E-state index contributed by atoms with van der Waals surface area (Å²) in [6.07, 6.45) is 3.07. The van der Waals surface area contributed by atoms with Crippen molar-refractivity contribution in [1.29, 1.82) is 0 Å². The van der Waals surface area contributed by atoms with Gasteiger partial charge in [-0.2, -0.15) is 0 Å². The third kappa shape index (κ3) is 3.02. The molecule has 1 aliphatic carbocycles. The summed E-state index contributed by atoms with van der Waals surface area (Å²) in [6, 6.07) is 0. The normalized spacial score (nSPS) is 25.9. The van der Waals surface area contributed by atoms with E-state index in [4.69, 9.17) is 0 Å². The lowest BCUT2D eigenvalue weighted by Crippen LogP contribution is -2.36. The molecule has 7 heteroatoms. The van der Waals surface area contributed by atoms with Gasteiger partial charge in [-0.25, -0.2) is 13.1 Å². The fourth-order valence-corrected chi connectivity index (χ4v) is 3.30. The van der Waals surface area contributed by atoms with Crippen molar-refractivity contribution in [2.75, 3.05) is 32.4 Å². The summed E-state index contributed by atoms with van der Waals surface area (Å²) in [5, 5.41) is 6.02. The smallest absolute Gasteiger partial charge is 0.223 e. The van der Waals surface area contributed by atoms with Gasteiger partial charge in [0.05, 0.1) is 5.75 Å². The van der Waals surface area contributed by atoms with Crippen molar-refractivity contribution < 1.29 is 13.2 Å². The van der Waals surface area contributed by atoms with Gasteiger partial charge in [-0.15, -0.1) is 0 Å². The second-order valence-electron chi connectivity index (χ2n) is 5.18. The van der Waals surface area contributed by atoms with Crippen LogP contribution >= 0.6 is 0 Å². The highest BCUT2D eigenvalue weighted by molar-refractivity contribution is 7.89. The van der Waals surface area contributed by atoms with E-state index >= 15 is 0 Å². The number of rotatable bonds is 5. The van der Waals surface area contributed by atoms with Gasteiger partial charge in [0.2, 0.25) is 15.9 Å². The van der Waals surface area contributed by atoms with Gasteiger partial charge >= 0.3 is 0 Å². The Labute approximate surface area is 108 Å². The zero-order valence-electron chi connectivity index (χ0n) is 10.7. The van der Waals surface area contributed by atoms with Crippen LogP contribution in [0.25, 0.3) is 0 Å². The van der Waals surface area contributed by atoms with E-state index in [1.807, 2.05) is 0 Å². The molecule has 0 aromatic rings. The third-order valence-electron chi connectivity index (χ3n) is 4.09. The van der Waals surface area contributed by atoms with Gasteiger partial charge in [0.1, 0.15) is 0 Å². The molecule has 1 atom stereocenters. The van der Waals surface area contributed by atoms with Crippen molar-refractivity contribution in [3.8, 4) is 0 Å². The predicted octanol–water partition coefficient (Wildman–Crippen LogP) is -0.958. The number of carbonyl (C=O) groups is 1. The fourth-order valence-electron chi connectivity index (χ4n) is 2.73. The Kier molecular flexibility index (Phi) is 3.93. The molecule has 1 heterocycles. The summed E-state index contributed by atoms with van der Waals surface area (Å²) in [6.45, 7) is 2.16. The Morgan fingerprint density at radius 2 is 2.06 bits per heavy atom. The van der Waals surface area contributed by atoms with Crippen LogP contribution in [0.2, 0.25) is 0 Å². The second kappa shape index (κ2) is 5.14. The van der Waals surface area contributed by atoms with Crippen LogP contribution in [-0.4, -0.2) is 46.8 Å². The Morgan fingerprint density at radius 1 is 1.39 bits per heavy atom. The molecule has 1 saturated carbocycles. The largest absolute Gasteiger partial charge is 0.355 e. The first-order valence-corrected chi connectivity index (χ1v) is 8.04. The average molecular weight is 275 g/mol. The minimum atomic E-state index is -3.23. The molecule has 1 aliphatic heterocycles. The lowest BCUT2D eigenvalue weighted by atomic mass is 9.92. The summed E-state index contributed by atoms with van der Waals surface area (Å²) in [5.41, 5.74) is 0.206. The van der Waals surface area contributed by atoms with Crippen LogP contribution < -0.4 is 15.4 Å². The van der Waals surface area contributed by atoms with E-state index < -0.39 is 10.0 Å². The Balaban J connectivity index is 1.74. The molecule has 1 spiro atoms. The molecule has 1 saturated heterocycles. The predicted molar refractivity (Wildman–Crippen MR) is 68.5 cm³/mol. The van der Waals surface area contributed by atoms with E-state index in [1.54, 1.807) is 0 Å². The van der Waals surface area contributed by atoms with Gasteiger partial charge < -0.3 is 10.6 Å². The quantitative estimate of drug-likeness (QED) is 0.603. The van der Waals surface area contributed by atoms with Crippen LogP contribution in [0.1, 0.15) is 19.3 Å². The zero-order valence-corrected chi connectivity index (χ0v) is 11.5.